The molecule has 0 fully saturated rings. The van der Waals surface area contributed by atoms with E-state index in [0.717, 1.165) is 77.0 Å². The number of unbranched alkanes of at least 4 members (excludes halogenated alkanes) is 32. The lowest BCUT2D eigenvalue weighted by atomic mass is 10.0. The molecule has 6 nitrogen and oxygen atoms in total. The Hall–Kier alpha value is -2.37. The normalized spacial score (nSPS) is 12.2. The van der Waals surface area contributed by atoms with E-state index in [1.807, 2.05) is 0 Å². The molecule has 6 heteroatoms. The summed E-state index contributed by atoms with van der Waals surface area (Å²) in [6, 6.07) is 0. The minimum absolute atomic E-state index is 0.0796. The number of hydrogen-bond acceptors (Lipinski definition) is 6. The van der Waals surface area contributed by atoms with E-state index in [1.54, 1.807) is 0 Å². The van der Waals surface area contributed by atoms with Crippen LogP contribution in [0, 0.1) is 0 Å². The lowest BCUT2D eigenvalue weighted by Gasteiger charge is -2.18. The number of ether oxygens (including phenoxy) is 3. The second-order valence-corrected chi connectivity index (χ2v) is 18.1. The Kier molecular flexibility index (Phi) is 49.3. The van der Waals surface area contributed by atoms with Crippen molar-refractivity contribution in [2.24, 2.45) is 0 Å². The van der Waals surface area contributed by atoms with Crippen LogP contribution in [0.3, 0.4) is 0 Å². The van der Waals surface area contributed by atoms with Crippen molar-refractivity contribution in [3.8, 4) is 0 Å². The number of allylic oxidation sites excluding steroid dienone is 6. The van der Waals surface area contributed by atoms with Crippen molar-refractivity contribution in [2.75, 3.05) is 13.2 Å². The van der Waals surface area contributed by atoms with Gasteiger partial charge in [-0.05, 0) is 51.4 Å². The summed E-state index contributed by atoms with van der Waals surface area (Å²) in [5.74, 6) is -0.906. The predicted molar refractivity (Wildman–Crippen MR) is 266 cm³/mol. The Bertz CT molecular complexity index is 1050. The third-order valence-electron chi connectivity index (χ3n) is 11.9. The molecule has 0 saturated carbocycles. The van der Waals surface area contributed by atoms with Gasteiger partial charge in [0.2, 0.25) is 0 Å². The summed E-state index contributed by atoms with van der Waals surface area (Å²) in [5, 5.41) is 0. The minimum atomic E-state index is -0.782. The van der Waals surface area contributed by atoms with E-state index in [4.69, 9.17) is 14.2 Å². The first kappa shape index (κ1) is 59.6. The van der Waals surface area contributed by atoms with Crippen molar-refractivity contribution < 1.29 is 28.6 Å². The molecule has 0 rings (SSSR count). The van der Waals surface area contributed by atoms with Crippen LogP contribution in [0.2, 0.25) is 0 Å². The minimum Gasteiger partial charge on any atom is -0.462 e. The molecule has 0 saturated heterocycles. The maximum absolute atomic E-state index is 12.8. The van der Waals surface area contributed by atoms with Crippen LogP contribution >= 0.6 is 0 Å². The van der Waals surface area contributed by atoms with Gasteiger partial charge in [0.05, 0.1) is 0 Å². The molecule has 1 unspecified atom stereocenters. The number of carbonyl (C=O) groups is 3. The van der Waals surface area contributed by atoms with Crippen LogP contribution < -0.4 is 0 Å². The zero-order chi connectivity index (χ0) is 45.1. The van der Waals surface area contributed by atoms with Crippen molar-refractivity contribution >= 4 is 17.9 Å². The third kappa shape index (κ3) is 48.7. The van der Waals surface area contributed by atoms with E-state index in [1.165, 1.54) is 167 Å². The highest BCUT2D eigenvalue weighted by Crippen LogP contribution is 2.17. The van der Waals surface area contributed by atoms with Gasteiger partial charge in [-0.3, -0.25) is 14.4 Å². The molecule has 0 aromatic rings. The largest absolute Gasteiger partial charge is 0.462 e. The van der Waals surface area contributed by atoms with E-state index in [-0.39, 0.29) is 31.1 Å². The van der Waals surface area contributed by atoms with E-state index < -0.39 is 6.10 Å². The van der Waals surface area contributed by atoms with Gasteiger partial charge in [-0.2, -0.15) is 0 Å². The lowest BCUT2D eigenvalue weighted by molar-refractivity contribution is -0.167. The molecule has 0 amide bonds. The SMILES string of the molecule is CC/C=C\C/C=C\C/C=C\CCCCC(=O)OCC(COC(=O)CCCCCCCCCCCCCCCCCCC)OC(=O)CCCCCCCCCCCCCCCCC. The summed E-state index contributed by atoms with van der Waals surface area (Å²) in [4.78, 5) is 38.0. The lowest BCUT2D eigenvalue weighted by Crippen LogP contribution is -2.30. The molecule has 0 spiro atoms. The summed E-state index contributed by atoms with van der Waals surface area (Å²) in [7, 11) is 0. The summed E-state index contributed by atoms with van der Waals surface area (Å²) < 4.78 is 16.8. The quantitative estimate of drug-likeness (QED) is 0.0262. The van der Waals surface area contributed by atoms with Crippen LogP contribution in [0.5, 0.6) is 0 Å². The van der Waals surface area contributed by atoms with E-state index in [0.29, 0.717) is 19.3 Å². The van der Waals surface area contributed by atoms with Gasteiger partial charge in [-0.25, -0.2) is 0 Å². The van der Waals surface area contributed by atoms with Crippen molar-refractivity contribution in [2.45, 2.75) is 290 Å². The maximum atomic E-state index is 12.8. The average molecular weight is 871 g/mol. The van der Waals surface area contributed by atoms with E-state index >= 15 is 0 Å². The summed E-state index contributed by atoms with van der Waals surface area (Å²) >= 11 is 0. The Morgan fingerprint density at radius 3 is 0.984 bits per heavy atom. The van der Waals surface area contributed by atoms with Crippen molar-refractivity contribution in [3.63, 3.8) is 0 Å². The Balaban J connectivity index is 4.34. The molecule has 0 radical (unpaired) electrons. The van der Waals surface area contributed by atoms with Crippen molar-refractivity contribution in [3.05, 3.63) is 36.5 Å². The van der Waals surface area contributed by atoms with Crippen LogP contribution in [0.15, 0.2) is 36.5 Å². The molecule has 0 bridgehead atoms. The molecule has 0 heterocycles. The van der Waals surface area contributed by atoms with Gasteiger partial charge in [0.1, 0.15) is 13.2 Å². The maximum Gasteiger partial charge on any atom is 0.306 e. The summed E-state index contributed by atoms with van der Waals surface area (Å²) in [5.41, 5.74) is 0. The summed E-state index contributed by atoms with van der Waals surface area (Å²) in [6.45, 7) is 6.52. The number of rotatable bonds is 49. The van der Waals surface area contributed by atoms with Crippen LogP contribution in [0.25, 0.3) is 0 Å². The second-order valence-electron chi connectivity index (χ2n) is 18.1. The van der Waals surface area contributed by atoms with Gasteiger partial charge in [0.25, 0.3) is 0 Å². The monoisotopic (exact) mass is 871 g/mol. The Labute approximate surface area is 385 Å². The number of esters is 3. The fourth-order valence-corrected chi connectivity index (χ4v) is 7.87. The topological polar surface area (TPSA) is 78.9 Å². The standard InChI is InChI=1S/C56H102O6/c1-4-7-10-13-16-19-22-25-27-28-30-31-34-37-40-43-46-49-55(58)61-52-53(51-60-54(57)48-45-42-39-36-33-24-21-18-15-12-9-6-3)62-56(59)50-47-44-41-38-35-32-29-26-23-20-17-14-11-8-5-2/h9,12,18,21,33,36,53H,4-8,10-11,13-17,19-20,22-32,34-35,37-52H2,1-3H3/b12-9-,21-18-,36-33-. The first-order chi connectivity index (χ1) is 30.5. The smallest absolute Gasteiger partial charge is 0.306 e. The van der Waals surface area contributed by atoms with Crippen LogP contribution in [0.4, 0.5) is 0 Å². The van der Waals surface area contributed by atoms with Gasteiger partial charge in [0, 0.05) is 19.3 Å². The fourth-order valence-electron chi connectivity index (χ4n) is 7.87. The van der Waals surface area contributed by atoms with Gasteiger partial charge < -0.3 is 14.2 Å². The molecule has 1 atom stereocenters. The molecule has 362 valence electrons. The van der Waals surface area contributed by atoms with Gasteiger partial charge in [-0.15, -0.1) is 0 Å². The molecule has 0 aromatic carbocycles. The average Bonchev–Trinajstić information content (AvgIpc) is 3.27. The van der Waals surface area contributed by atoms with E-state index in [9.17, 15) is 14.4 Å². The molecule has 0 aliphatic rings. The highest BCUT2D eigenvalue weighted by Gasteiger charge is 2.19. The molecule has 0 aromatic heterocycles. The van der Waals surface area contributed by atoms with Crippen LogP contribution in [-0.4, -0.2) is 37.2 Å². The van der Waals surface area contributed by atoms with E-state index in [2.05, 4.69) is 57.2 Å². The first-order valence-electron chi connectivity index (χ1n) is 27.0. The molecule has 0 aliphatic carbocycles. The molecule has 0 aliphatic heterocycles. The number of hydrogen-bond donors (Lipinski definition) is 0. The highest BCUT2D eigenvalue weighted by molar-refractivity contribution is 5.71. The predicted octanol–water partition coefficient (Wildman–Crippen LogP) is 17.7. The second kappa shape index (κ2) is 51.3. The van der Waals surface area contributed by atoms with Gasteiger partial charge in [0.15, 0.2) is 6.10 Å². The summed E-state index contributed by atoms with van der Waals surface area (Å²) in [6.07, 6.45) is 59.9. The zero-order valence-corrected chi connectivity index (χ0v) is 41.4. The third-order valence-corrected chi connectivity index (χ3v) is 11.9. The van der Waals surface area contributed by atoms with Gasteiger partial charge in [-0.1, -0.05) is 250 Å². The molecular formula is C56H102O6. The Morgan fingerprint density at radius 1 is 0.339 bits per heavy atom. The Morgan fingerprint density at radius 2 is 0.629 bits per heavy atom. The van der Waals surface area contributed by atoms with Crippen LogP contribution in [-0.2, 0) is 28.6 Å². The van der Waals surface area contributed by atoms with Crippen molar-refractivity contribution in [1.29, 1.82) is 0 Å². The highest BCUT2D eigenvalue weighted by atomic mass is 16.6. The van der Waals surface area contributed by atoms with Gasteiger partial charge >= 0.3 is 17.9 Å². The first-order valence-corrected chi connectivity index (χ1v) is 27.0. The number of carbonyl (C=O) groups excluding carboxylic acids is 3. The molecular weight excluding hydrogens is 769 g/mol. The zero-order valence-electron chi connectivity index (χ0n) is 41.4. The fraction of sp³-hybridized carbons (Fsp3) is 0.839. The molecule has 0 N–H and O–H groups in total. The van der Waals surface area contributed by atoms with Crippen molar-refractivity contribution in [1.82, 2.24) is 0 Å². The van der Waals surface area contributed by atoms with Crippen LogP contribution in [0.1, 0.15) is 284 Å². The molecule has 62 heavy (non-hydrogen) atoms.